The van der Waals surface area contributed by atoms with Crippen LogP contribution in [0.1, 0.15) is 76.7 Å². The molecule has 0 aromatic heterocycles. The van der Waals surface area contributed by atoms with Crippen LogP contribution in [0.5, 0.6) is 5.75 Å². The highest BCUT2D eigenvalue weighted by molar-refractivity contribution is 5.29. The monoisotopic (exact) mass is 346 g/mol. The predicted octanol–water partition coefficient (Wildman–Crippen LogP) is 7.10. The molecule has 0 N–H and O–H groups in total. The van der Waals surface area contributed by atoms with Gasteiger partial charge >= 0.3 is 0 Å². The van der Waals surface area contributed by atoms with Crippen molar-refractivity contribution in [3.8, 4) is 5.75 Å². The normalized spacial score (nSPS) is 20.4. The summed E-state index contributed by atoms with van der Waals surface area (Å²) in [7, 11) is 0. The Labute approximate surface area is 153 Å². The van der Waals surface area contributed by atoms with Gasteiger partial charge in [0.05, 0.1) is 6.61 Å². The van der Waals surface area contributed by atoms with Gasteiger partial charge in [0, 0.05) is 6.07 Å². The van der Waals surface area contributed by atoms with Crippen LogP contribution in [0.2, 0.25) is 0 Å². The zero-order valence-electron chi connectivity index (χ0n) is 15.9. The molecule has 0 aliphatic heterocycles. The van der Waals surface area contributed by atoms with Crippen LogP contribution in [-0.2, 0) is 6.42 Å². The molecule has 1 aromatic rings. The lowest BCUT2D eigenvalue weighted by Crippen LogP contribution is -2.15. The second-order valence-electron chi connectivity index (χ2n) is 7.60. The van der Waals surface area contributed by atoms with E-state index < -0.39 is 0 Å². The second kappa shape index (κ2) is 11.3. The third-order valence-electron chi connectivity index (χ3n) is 5.62. The summed E-state index contributed by atoms with van der Waals surface area (Å²) in [6, 6.07) is 5.32. The SMILES string of the molecule is C=CCCOc1ccc(CC[C@H]2CC[C@H](CCCCC)CC2)c(F)c1. The van der Waals surface area contributed by atoms with Crippen LogP contribution in [-0.4, -0.2) is 6.61 Å². The van der Waals surface area contributed by atoms with Gasteiger partial charge < -0.3 is 4.74 Å². The van der Waals surface area contributed by atoms with E-state index in [0.717, 1.165) is 36.7 Å². The van der Waals surface area contributed by atoms with E-state index in [4.69, 9.17) is 4.74 Å². The zero-order valence-corrected chi connectivity index (χ0v) is 15.9. The molecular formula is C23H35FO. The lowest BCUT2D eigenvalue weighted by Gasteiger charge is -2.28. The number of ether oxygens (including phenoxy) is 1. The van der Waals surface area contributed by atoms with Crippen LogP contribution in [0.3, 0.4) is 0 Å². The van der Waals surface area contributed by atoms with Gasteiger partial charge in [0.1, 0.15) is 11.6 Å². The molecule has 0 heterocycles. The smallest absolute Gasteiger partial charge is 0.130 e. The first kappa shape index (κ1) is 20.0. The molecule has 0 unspecified atom stereocenters. The summed E-state index contributed by atoms with van der Waals surface area (Å²) >= 11 is 0. The summed E-state index contributed by atoms with van der Waals surface area (Å²) in [6.45, 7) is 6.49. The highest BCUT2D eigenvalue weighted by atomic mass is 19.1. The minimum absolute atomic E-state index is 0.121. The van der Waals surface area contributed by atoms with E-state index in [1.165, 1.54) is 57.4 Å². The number of halogens is 1. The molecule has 0 atom stereocenters. The van der Waals surface area contributed by atoms with Crippen LogP contribution in [0.25, 0.3) is 0 Å². The maximum absolute atomic E-state index is 14.2. The fourth-order valence-electron chi connectivity index (χ4n) is 3.93. The first-order chi connectivity index (χ1) is 12.2. The van der Waals surface area contributed by atoms with Crippen LogP contribution >= 0.6 is 0 Å². The largest absolute Gasteiger partial charge is 0.493 e. The van der Waals surface area contributed by atoms with E-state index in [-0.39, 0.29) is 5.82 Å². The highest BCUT2D eigenvalue weighted by Gasteiger charge is 2.21. The summed E-state index contributed by atoms with van der Waals surface area (Å²) in [5.41, 5.74) is 0.834. The van der Waals surface area contributed by atoms with Crippen LogP contribution in [0.15, 0.2) is 30.9 Å². The fourth-order valence-corrected chi connectivity index (χ4v) is 3.93. The fraction of sp³-hybridized carbons (Fsp3) is 0.652. The molecule has 1 nitrogen and oxygen atoms in total. The molecule has 0 bridgehead atoms. The number of rotatable bonds is 11. The van der Waals surface area contributed by atoms with Gasteiger partial charge in [0.2, 0.25) is 0 Å². The minimum Gasteiger partial charge on any atom is -0.493 e. The van der Waals surface area contributed by atoms with Gasteiger partial charge in [0.15, 0.2) is 0 Å². The van der Waals surface area contributed by atoms with Crippen molar-refractivity contribution in [3.05, 3.63) is 42.2 Å². The van der Waals surface area contributed by atoms with Gasteiger partial charge in [-0.2, -0.15) is 0 Å². The van der Waals surface area contributed by atoms with Gasteiger partial charge in [0.25, 0.3) is 0 Å². The van der Waals surface area contributed by atoms with E-state index >= 15 is 0 Å². The Kier molecular flexibility index (Phi) is 9.07. The zero-order chi connectivity index (χ0) is 17.9. The molecule has 1 aliphatic rings. The number of hydrogen-bond acceptors (Lipinski definition) is 1. The average molecular weight is 347 g/mol. The molecule has 1 fully saturated rings. The van der Waals surface area contributed by atoms with Crippen molar-refractivity contribution in [1.29, 1.82) is 0 Å². The maximum atomic E-state index is 14.2. The summed E-state index contributed by atoms with van der Waals surface area (Å²) in [4.78, 5) is 0. The lowest BCUT2D eigenvalue weighted by atomic mass is 9.78. The van der Waals surface area contributed by atoms with Crippen molar-refractivity contribution in [1.82, 2.24) is 0 Å². The summed E-state index contributed by atoms with van der Waals surface area (Å²) in [5.74, 6) is 2.23. The van der Waals surface area contributed by atoms with Crippen molar-refractivity contribution < 1.29 is 9.13 Å². The minimum atomic E-state index is -0.121. The van der Waals surface area contributed by atoms with E-state index in [0.29, 0.717) is 12.4 Å². The average Bonchev–Trinajstić information content (AvgIpc) is 2.62. The highest BCUT2D eigenvalue weighted by Crippen LogP contribution is 2.34. The molecule has 1 aromatic carbocycles. The van der Waals surface area contributed by atoms with E-state index in [9.17, 15) is 4.39 Å². The van der Waals surface area contributed by atoms with Gasteiger partial charge in [-0.05, 0) is 42.7 Å². The van der Waals surface area contributed by atoms with E-state index in [2.05, 4.69) is 13.5 Å². The Balaban J connectivity index is 1.70. The quantitative estimate of drug-likeness (QED) is 0.307. The Morgan fingerprint density at radius 3 is 2.48 bits per heavy atom. The Morgan fingerprint density at radius 2 is 1.84 bits per heavy atom. The summed E-state index contributed by atoms with van der Waals surface area (Å²) in [6.07, 6.45) is 15.5. The van der Waals surface area contributed by atoms with Crippen LogP contribution in [0, 0.1) is 17.7 Å². The molecule has 0 amide bonds. The first-order valence-electron chi connectivity index (χ1n) is 10.2. The Bertz CT molecular complexity index is 503. The predicted molar refractivity (Wildman–Crippen MR) is 105 cm³/mol. The number of unbranched alkanes of at least 4 members (excludes halogenated alkanes) is 2. The molecule has 0 radical (unpaired) electrons. The molecule has 0 saturated heterocycles. The molecular weight excluding hydrogens is 311 g/mol. The lowest BCUT2D eigenvalue weighted by molar-refractivity contribution is 0.248. The Hall–Kier alpha value is -1.31. The van der Waals surface area contributed by atoms with Gasteiger partial charge in [-0.15, -0.1) is 6.58 Å². The third-order valence-corrected chi connectivity index (χ3v) is 5.62. The molecule has 140 valence electrons. The number of benzene rings is 1. The summed E-state index contributed by atoms with van der Waals surface area (Å²) < 4.78 is 19.8. The van der Waals surface area contributed by atoms with Crippen molar-refractivity contribution in [2.75, 3.05) is 6.61 Å². The van der Waals surface area contributed by atoms with Crippen LogP contribution in [0.4, 0.5) is 4.39 Å². The standard InChI is InChI=1S/C23H35FO/c1-3-5-7-8-19-9-11-20(12-10-19)13-14-21-15-16-22(18-23(21)24)25-17-6-4-2/h4,15-16,18-20H,2-3,5-14,17H2,1H3/t19-,20-. The Morgan fingerprint density at radius 1 is 1.12 bits per heavy atom. The molecule has 0 spiro atoms. The molecule has 2 rings (SSSR count). The molecule has 1 aliphatic carbocycles. The number of aryl methyl sites for hydroxylation is 1. The molecule has 25 heavy (non-hydrogen) atoms. The number of hydrogen-bond donors (Lipinski definition) is 0. The third kappa shape index (κ3) is 7.22. The van der Waals surface area contributed by atoms with E-state index in [1.54, 1.807) is 0 Å². The van der Waals surface area contributed by atoms with Gasteiger partial charge in [-0.3, -0.25) is 0 Å². The topological polar surface area (TPSA) is 9.23 Å². The second-order valence-corrected chi connectivity index (χ2v) is 7.60. The van der Waals surface area contributed by atoms with Gasteiger partial charge in [-0.25, -0.2) is 4.39 Å². The summed E-state index contributed by atoms with van der Waals surface area (Å²) in [5, 5.41) is 0. The van der Waals surface area contributed by atoms with Crippen molar-refractivity contribution >= 4 is 0 Å². The maximum Gasteiger partial charge on any atom is 0.130 e. The van der Waals surface area contributed by atoms with Crippen LogP contribution < -0.4 is 4.74 Å². The van der Waals surface area contributed by atoms with Crippen molar-refractivity contribution in [2.45, 2.75) is 77.6 Å². The first-order valence-corrected chi connectivity index (χ1v) is 10.2. The van der Waals surface area contributed by atoms with Crippen molar-refractivity contribution in [2.24, 2.45) is 11.8 Å². The van der Waals surface area contributed by atoms with Gasteiger partial charge in [-0.1, -0.05) is 70.4 Å². The molecule has 2 heteroatoms. The van der Waals surface area contributed by atoms with E-state index in [1.807, 2.05) is 18.2 Å². The van der Waals surface area contributed by atoms with Crippen molar-refractivity contribution in [3.63, 3.8) is 0 Å². The molecule has 1 saturated carbocycles.